The van der Waals surface area contributed by atoms with E-state index in [0.717, 1.165) is 32.1 Å². The summed E-state index contributed by atoms with van der Waals surface area (Å²) >= 11 is 0. The summed E-state index contributed by atoms with van der Waals surface area (Å²) in [5.41, 5.74) is 10.9. The normalized spacial score (nSPS) is 27.0. The predicted molar refractivity (Wildman–Crippen MR) is 73.1 cm³/mol. The van der Waals surface area contributed by atoms with Crippen LogP contribution in [-0.2, 0) is 9.59 Å². The van der Waals surface area contributed by atoms with E-state index in [9.17, 15) is 9.59 Å². The lowest BCUT2D eigenvalue weighted by Crippen LogP contribution is -2.52. The third kappa shape index (κ3) is 2.76. The Kier molecular flexibility index (Phi) is 4.45. The van der Waals surface area contributed by atoms with Crippen molar-refractivity contribution in [3.05, 3.63) is 0 Å². The lowest BCUT2D eigenvalue weighted by molar-refractivity contribution is -0.146. The zero-order valence-electron chi connectivity index (χ0n) is 11.6. The molecule has 1 atom stereocenters. The average molecular weight is 267 g/mol. The first-order valence-corrected chi connectivity index (χ1v) is 7.41. The van der Waals surface area contributed by atoms with Gasteiger partial charge in [-0.25, -0.2) is 0 Å². The van der Waals surface area contributed by atoms with E-state index in [2.05, 4.69) is 0 Å². The van der Waals surface area contributed by atoms with Crippen LogP contribution in [0.2, 0.25) is 0 Å². The van der Waals surface area contributed by atoms with Gasteiger partial charge < -0.3 is 16.4 Å². The molecule has 0 bridgehead atoms. The Balaban J connectivity index is 2.17. The van der Waals surface area contributed by atoms with E-state index in [1.165, 1.54) is 12.8 Å². The van der Waals surface area contributed by atoms with Crippen LogP contribution in [-0.4, -0.2) is 35.8 Å². The standard InChI is InChI=1S/C14H25N3O2/c15-10-14(7-3-1-2-4-8-14)13(19)17-9-5-6-11(17)12(16)18/h11H,1-10,15H2,(H2,16,18). The quantitative estimate of drug-likeness (QED) is 0.740. The number of hydrogen-bond donors (Lipinski definition) is 2. The molecule has 1 saturated heterocycles. The maximum absolute atomic E-state index is 12.9. The third-order valence-corrected chi connectivity index (χ3v) is 4.75. The van der Waals surface area contributed by atoms with Gasteiger partial charge in [-0.2, -0.15) is 0 Å². The summed E-state index contributed by atoms with van der Waals surface area (Å²) in [6.07, 6.45) is 7.72. The van der Waals surface area contributed by atoms with Crippen molar-refractivity contribution in [1.29, 1.82) is 0 Å². The number of primary amides is 1. The Bertz CT molecular complexity index is 349. The SMILES string of the molecule is NCC1(C(=O)N2CCCC2C(N)=O)CCCCCC1. The molecule has 0 aromatic heterocycles. The van der Waals surface area contributed by atoms with Gasteiger partial charge in [0, 0.05) is 13.1 Å². The Morgan fingerprint density at radius 2 is 1.74 bits per heavy atom. The highest BCUT2D eigenvalue weighted by atomic mass is 16.2. The second-order valence-corrected chi connectivity index (χ2v) is 5.96. The Morgan fingerprint density at radius 3 is 2.26 bits per heavy atom. The largest absolute Gasteiger partial charge is 0.368 e. The molecule has 2 aliphatic rings. The number of hydrogen-bond acceptors (Lipinski definition) is 3. The van der Waals surface area contributed by atoms with Gasteiger partial charge in [-0.15, -0.1) is 0 Å². The molecule has 1 heterocycles. The van der Waals surface area contributed by atoms with Gasteiger partial charge in [-0.05, 0) is 25.7 Å². The van der Waals surface area contributed by atoms with Crippen molar-refractivity contribution in [2.45, 2.75) is 57.4 Å². The molecular formula is C14H25N3O2. The fourth-order valence-corrected chi connectivity index (χ4v) is 3.52. The van der Waals surface area contributed by atoms with E-state index in [1.807, 2.05) is 0 Å². The lowest BCUT2D eigenvalue weighted by Gasteiger charge is -2.36. The Morgan fingerprint density at radius 1 is 1.11 bits per heavy atom. The third-order valence-electron chi connectivity index (χ3n) is 4.75. The Hall–Kier alpha value is -1.10. The number of carbonyl (C=O) groups is 2. The molecule has 1 unspecified atom stereocenters. The number of likely N-dealkylation sites (tertiary alicyclic amines) is 1. The minimum atomic E-state index is -0.450. The van der Waals surface area contributed by atoms with Gasteiger partial charge in [0.1, 0.15) is 6.04 Å². The molecule has 0 radical (unpaired) electrons. The highest BCUT2D eigenvalue weighted by molar-refractivity contribution is 5.90. The van der Waals surface area contributed by atoms with Crippen molar-refractivity contribution < 1.29 is 9.59 Å². The van der Waals surface area contributed by atoms with E-state index in [4.69, 9.17) is 11.5 Å². The topological polar surface area (TPSA) is 89.4 Å². The van der Waals surface area contributed by atoms with Crippen molar-refractivity contribution in [3.63, 3.8) is 0 Å². The fraction of sp³-hybridized carbons (Fsp3) is 0.857. The molecule has 0 aromatic carbocycles. The van der Waals surface area contributed by atoms with Crippen molar-refractivity contribution in [2.75, 3.05) is 13.1 Å². The molecule has 0 aromatic rings. The molecule has 108 valence electrons. The molecule has 4 N–H and O–H groups in total. The van der Waals surface area contributed by atoms with Crippen molar-refractivity contribution in [3.8, 4) is 0 Å². The molecule has 0 spiro atoms. The number of rotatable bonds is 3. The summed E-state index contributed by atoms with van der Waals surface area (Å²) in [6.45, 7) is 1.03. The van der Waals surface area contributed by atoms with Crippen LogP contribution in [0.25, 0.3) is 0 Å². The van der Waals surface area contributed by atoms with Crippen molar-refractivity contribution in [1.82, 2.24) is 4.90 Å². The van der Waals surface area contributed by atoms with E-state index in [1.54, 1.807) is 4.90 Å². The molecule has 1 saturated carbocycles. The number of nitrogens with zero attached hydrogens (tertiary/aromatic N) is 1. The van der Waals surface area contributed by atoms with Gasteiger partial charge >= 0.3 is 0 Å². The zero-order chi connectivity index (χ0) is 13.9. The highest BCUT2D eigenvalue weighted by Crippen LogP contribution is 2.37. The van der Waals surface area contributed by atoms with E-state index in [0.29, 0.717) is 19.5 Å². The maximum Gasteiger partial charge on any atom is 0.240 e. The molecule has 5 heteroatoms. The minimum absolute atomic E-state index is 0.0678. The molecule has 2 fully saturated rings. The first-order chi connectivity index (χ1) is 9.10. The second-order valence-electron chi connectivity index (χ2n) is 5.96. The predicted octanol–water partition coefficient (Wildman–Crippen LogP) is 0.762. The first kappa shape index (κ1) is 14.3. The van der Waals surface area contributed by atoms with Crippen LogP contribution in [0.1, 0.15) is 51.4 Å². The minimum Gasteiger partial charge on any atom is -0.368 e. The highest BCUT2D eigenvalue weighted by Gasteiger charge is 2.44. The summed E-state index contributed by atoms with van der Waals surface area (Å²) in [7, 11) is 0. The fourth-order valence-electron chi connectivity index (χ4n) is 3.52. The van der Waals surface area contributed by atoms with Gasteiger partial charge in [0.15, 0.2) is 0 Å². The van der Waals surface area contributed by atoms with Crippen molar-refractivity contribution >= 4 is 11.8 Å². The summed E-state index contributed by atoms with van der Waals surface area (Å²) < 4.78 is 0. The van der Waals surface area contributed by atoms with Crippen LogP contribution in [0.4, 0.5) is 0 Å². The van der Waals surface area contributed by atoms with Gasteiger partial charge in [0.05, 0.1) is 5.41 Å². The first-order valence-electron chi connectivity index (χ1n) is 7.41. The molecule has 1 aliphatic heterocycles. The van der Waals surface area contributed by atoms with E-state index < -0.39 is 11.5 Å². The van der Waals surface area contributed by atoms with Gasteiger partial charge in [0.2, 0.25) is 11.8 Å². The van der Waals surface area contributed by atoms with Gasteiger partial charge in [-0.3, -0.25) is 9.59 Å². The van der Waals surface area contributed by atoms with Crippen LogP contribution in [0.15, 0.2) is 0 Å². The van der Waals surface area contributed by atoms with Crippen LogP contribution < -0.4 is 11.5 Å². The van der Waals surface area contributed by atoms with Gasteiger partial charge in [-0.1, -0.05) is 25.7 Å². The van der Waals surface area contributed by atoms with Crippen LogP contribution in [0.5, 0.6) is 0 Å². The summed E-state index contributed by atoms with van der Waals surface area (Å²) in [5.74, 6) is -0.315. The molecule has 2 rings (SSSR count). The summed E-state index contributed by atoms with van der Waals surface area (Å²) in [4.78, 5) is 26.0. The molecule has 1 aliphatic carbocycles. The molecule has 19 heavy (non-hydrogen) atoms. The molecule has 5 nitrogen and oxygen atoms in total. The van der Waals surface area contributed by atoms with Gasteiger partial charge in [0.25, 0.3) is 0 Å². The number of amides is 2. The van der Waals surface area contributed by atoms with E-state index >= 15 is 0 Å². The number of nitrogens with two attached hydrogens (primary N) is 2. The second kappa shape index (κ2) is 5.90. The monoisotopic (exact) mass is 267 g/mol. The summed E-state index contributed by atoms with van der Waals surface area (Å²) in [5, 5.41) is 0. The van der Waals surface area contributed by atoms with E-state index in [-0.39, 0.29) is 11.8 Å². The lowest BCUT2D eigenvalue weighted by atomic mass is 9.79. The van der Waals surface area contributed by atoms with Crippen LogP contribution >= 0.6 is 0 Å². The molecular weight excluding hydrogens is 242 g/mol. The number of carbonyl (C=O) groups excluding carboxylic acids is 2. The van der Waals surface area contributed by atoms with Crippen LogP contribution in [0, 0.1) is 5.41 Å². The summed E-state index contributed by atoms with van der Waals surface area (Å²) in [6, 6.07) is -0.417. The molecule has 2 amide bonds. The van der Waals surface area contributed by atoms with Crippen LogP contribution in [0.3, 0.4) is 0 Å². The smallest absolute Gasteiger partial charge is 0.240 e. The average Bonchev–Trinajstić information content (AvgIpc) is 2.76. The maximum atomic E-state index is 12.9. The zero-order valence-corrected chi connectivity index (χ0v) is 11.6. The Labute approximate surface area is 114 Å². The van der Waals surface area contributed by atoms with Crippen molar-refractivity contribution in [2.24, 2.45) is 16.9 Å².